The van der Waals surface area contributed by atoms with Crippen molar-refractivity contribution in [2.45, 2.75) is 52.4 Å². The Morgan fingerprint density at radius 3 is 2.61 bits per heavy atom. The van der Waals surface area contributed by atoms with Gasteiger partial charge in [-0.05, 0) is 55.8 Å². The third-order valence-electron chi connectivity index (χ3n) is 3.51. The van der Waals surface area contributed by atoms with Gasteiger partial charge in [0.2, 0.25) is 5.91 Å². The molecule has 0 radical (unpaired) electrons. The number of amides is 2. The van der Waals surface area contributed by atoms with E-state index in [-0.39, 0.29) is 25.0 Å². The summed E-state index contributed by atoms with van der Waals surface area (Å²) in [6.07, 6.45) is -0.597. The van der Waals surface area contributed by atoms with Gasteiger partial charge >= 0.3 is 6.09 Å². The average molecular weight is 429 g/mol. The molecule has 1 atom stereocenters. The van der Waals surface area contributed by atoms with Gasteiger partial charge in [0.1, 0.15) is 12.1 Å². The molecule has 9 nitrogen and oxygen atoms in total. The summed E-state index contributed by atoms with van der Waals surface area (Å²) in [5, 5.41) is 17.4. The normalized spacial score (nSPS) is 12.4. The number of carbonyl (C=O) groups excluding carboxylic acids is 2. The molecule has 0 unspecified atom stereocenters. The first kappa shape index (κ1) is 21.9. The van der Waals surface area contributed by atoms with Gasteiger partial charge < -0.3 is 15.4 Å². The minimum Gasteiger partial charge on any atom is -0.444 e. The molecule has 0 saturated heterocycles. The number of tetrazole rings is 1. The molecule has 1 aromatic carbocycles. The standard InChI is InChI=1S/C17H22Cl2N6O3/c1-10(11-5-6-12(18)13(19)7-11)21-15(26)9-25-14(22-23-24-25)8-20-16(27)28-17(2,3)4/h5-7,10H,8-9H2,1-4H3,(H,20,27)(H,21,26)/t10-/m0/s1. The van der Waals surface area contributed by atoms with E-state index in [4.69, 9.17) is 27.9 Å². The summed E-state index contributed by atoms with van der Waals surface area (Å²) in [6, 6.07) is 4.86. The van der Waals surface area contributed by atoms with E-state index in [1.54, 1.807) is 39.0 Å². The molecule has 0 fully saturated rings. The number of alkyl carbamates (subject to hydrolysis) is 1. The maximum absolute atomic E-state index is 12.3. The second-order valence-corrected chi connectivity index (χ2v) is 7.89. The Hall–Kier alpha value is -2.39. The van der Waals surface area contributed by atoms with E-state index in [0.29, 0.717) is 15.9 Å². The highest BCUT2D eigenvalue weighted by molar-refractivity contribution is 6.42. The molecule has 0 aliphatic heterocycles. The number of nitrogens with one attached hydrogen (secondary N) is 2. The van der Waals surface area contributed by atoms with Gasteiger partial charge in [-0.3, -0.25) is 4.79 Å². The third kappa shape index (κ3) is 6.65. The lowest BCUT2D eigenvalue weighted by Crippen LogP contribution is -2.34. The van der Waals surface area contributed by atoms with E-state index in [2.05, 4.69) is 26.2 Å². The molecule has 0 aliphatic rings. The second kappa shape index (κ2) is 9.20. The zero-order chi connectivity index (χ0) is 20.9. The van der Waals surface area contributed by atoms with Gasteiger partial charge in [0.15, 0.2) is 5.82 Å². The first-order valence-corrected chi connectivity index (χ1v) is 9.27. The Bertz CT molecular complexity index is 850. The quantitative estimate of drug-likeness (QED) is 0.731. The molecule has 1 heterocycles. The molecule has 11 heteroatoms. The number of carbonyl (C=O) groups is 2. The Morgan fingerprint density at radius 2 is 1.96 bits per heavy atom. The molecule has 28 heavy (non-hydrogen) atoms. The van der Waals surface area contributed by atoms with Gasteiger partial charge in [-0.15, -0.1) is 5.10 Å². The average Bonchev–Trinajstić information content (AvgIpc) is 3.00. The number of rotatable bonds is 6. The third-order valence-corrected chi connectivity index (χ3v) is 4.25. The first-order chi connectivity index (χ1) is 13.0. The van der Waals surface area contributed by atoms with Crippen LogP contribution < -0.4 is 10.6 Å². The van der Waals surface area contributed by atoms with Crippen molar-refractivity contribution in [3.8, 4) is 0 Å². The van der Waals surface area contributed by atoms with E-state index in [0.717, 1.165) is 5.56 Å². The van der Waals surface area contributed by atoms with E-state index in [9.17, 15) is 9.59 Å². The number of ether oxygens (including phenoxy) is 1. The van der Waals surface area contributed by atoms with Gasteiger partial charge in [-0.25, -0.2) is 9.48 Å². The number of nitrogens with zero attached hydrogens (tertiary/aromatic N) is 4. The van der Waals surface area contributed by atoms with Crippen molar-refractivity contribution in [1.82, 2.24) is 30.8 Å². The van der Waals surface area contributed by atoms with Crippen molar-refractivity contribution in [2.24, 2.45) is 0 Å². The van der Waals surface area contributed by atoms with Crippen LogP contribution in [-0.2, 0) is 22.6 Å². The van der Waals surface area contributed by atoms with Crippen molar-refractivity contribution in [2.75, 3.05) is 0 Å². The molecule has 2 rings (SSSR count). The largest absolute Gasteiger partial charge is 0.444 e. The van der Waals surface area contributed by atoms with E-state index in [1.807, 2.05) is 6.92 Å². The highest BCUT2D eigenvalue weighted by Gasteiger charge is 2.18. The fraction of sp³-hybridized carbons (Fsp3) is 0.471. The minimum atomic E-state index is -0.614. The molecule has 0 aliphatic carbocycles. The van der Waals surface area contributed by atoms with Gasteiger partial charge in [0.05, 0.1) is 22.6 Å². The van der Waals surface area contributed by atoms with Gasteiger partial charge in [0.25, 0.3) is 0 Å². The molecular formula is C17H22Cl2N6O3. The lowest BCUT2D eigenvalue weighted by atomic mass is 10.1. The summed E-state index contributed by atoms with van der Waals surface area (Å²) >= 11 is 11.9. The molecule has 1 aromatic heterocycles. The molecule has 152 valence electrons. The summed E-state index contributed by atoms with van der Waals surface area (Å²) in [5.74, 6) is 0.0209. The van der Waals surface area contributed by atoms with Crippen LogP contribution in [0.1, 0.15) is 45.1 Å². The Balaban J connectivity index is 1.91. The summed E-state index contributed by atoms with van der Waals surface area (Å²) in [7, 11) is 0. The molecule has 0 spiro atoms. The number of hydrogen-bond acceptors (Lipinski definition) is 6. The Labute approximate surface area is 172 Å². The van der Waals surface area contributed by atoms with Crippen LogP contribution in [0.25, 0.3) is 0 Å². The Morgan fingerprint density at radius 1 is 1.25 bits per heavy atom. The fourth-order valence-corrected chi connectivity index (χ4v) is 2.53. The van der Waals surface area contributed by atoms with Crippen molar-refractivity contribution < 1.29 is 14.3 Å². The van der Waals surface area contributed by atoms with Gasteiger partial charge in [-0.2, -0.15) is 0 Å². The molecule has 2 amide bonds. The van der Waals surface area contributed by atoms with Crippen molar-refractivity contribution in [3.63, 3.8) is 0 Å². The van der Waals surface area contributed by atoms with Crippen LogP contribution in [0.4, 0.5) is 4.79 Å². The van der Waals surface area contributed by atoms with Gasteiger partial charge in [0, 0.05) is 0 Å². The lowest BCUT2D eigenvalue weighted by Gasteiger charge is -2.19. The summed E-state index contributed by atoms with van der Waals surface area (Å²) in [6.45, 7) is 7.02. The van der Waals surface area contributed by atoms with E-state index in [1.165, 1.54) is 4.68 Å². The van der Waals surface area contributed by atoms with Crippen molar-refractivity contribution in [1.29, 1.82) is 0 Å². The van der Waals surface area contributed by atoms with Gasteiger partial charge in [-0.1, -0.05) is 29.3 Å². The first-order valence-electron chi connectivity index (χ1n) is 8.51. The number of aromatic nitrogens is 4. The van der Waals surface area contributed by atoms with Crippen molar-refractivity contribution >= 4 is 35.2 Å². The molecule has 0 saturated carbocycles. The molecule has 0 bridgehead atoms. The number of benzene rings is 1. The lowest BCUT2D eigenvalue weighted by molar-refractivity contribution is -0.122. The Kier molecular flexibility index (Phi) is 7.20. The monoisotopic (exact) mass is 428 g/mol. The van der Waals surface area contributed by atoms with Crippen LogP contribution in [0.2, 0.25) is 10.0 Å². The maximum Gasteiger partial charge on any atom is 0.408 e. The SMILES string of the molecule is C[C@H](NC(=O)Cn1nnnc1CNC(=O)OC(C)(C)C)c1ccc(Cl)c(Cl)c1. The molecule has 2 aromatic rings. The van der Waals surface area contributed by atoms with E-state index < -0.39 is 11.7 Å². The van der Waals surface area contributed by atoms with Crippen LogP contribution >= 0.6 is 23.2 Å². The number of halogens is 2. The minimum absolute atomic E-state index is 0.0253. The zero-order valence-corrected chi connectivity index (χ0v) is 17.5. The highest BCUT2D eigenvalue weighted by Crippen LogP contribution is 2.25. The summed E-state index contributed by atoms with van der Waals surface area (Å²) < 4.78 is 6.45. The topological polar surface area (TPSA) is 111 Å². The van der Waals surface area contributed by atoms with Crippen LogP contribution in [0.5, 0.6) is 0 Å². The smallest absolute Gasteiger partial charge is 0.408 e. The van der Waals surface area contributed by atoms with Crippen LogP contribution in [0.3, 0.4) is 0 Å². The zero-order valence-electron chi connectivity index (χ0n) is 16.0. The predicted molar refractivity (Wildman–Crippen MR) is 104 cm³/mol. The molecule has 2 N–H and O–H groups in total. The van der Waals surface area contributed by atoms with Crippen LogP contribution in [0, 0.1) is 0 Å². The second-order valence-electron chi connectivity index (χ2n) is 7.07. The van der Waals surface area contributed by atoms with Crippen LogP contribution in [0.15, 0.2) is 18.2 Å². The van der Waals surface area contributed by atoms with Crippen molar-refractivity contribution in [3.05, 3.63) is 39.6 Å². The molecular weight excluding hydrogens is 407 g/mol. The summed E-state index contributed by atoms with van der Waals surface area (Å²) in [5.41, 5.74) is 0.197. The van der Waals surface area contributed by atoms with Crippen LogP contribution in [-0.4, -0.2) is 37.8 Å². The maximum atomic E-state index is 12.3. The summed E-state index contributed by atoms with van der Waals surface area (Å²) in [4.78, 5) is 24.1. The van der Waals surface area contributed by atoms with E-state index >= 15 is 0 Å². The highest BCUT2D eigenvalue weighted by atomic mass is 35.5. The predicted octanol–water partition coefficient (Wildman–Crippen LogP) is 2.88. The number of hydrogen-bond donors (Lipinski definition) is 2. The fourth-order valence-electron chi connectivity index (χ4n) is 2.23.